The van der Waals surface area contributed by atoms with Crippen LogP contribution in [-0.4, -0.2) is 5.91 Å². The van der Waals surface area contributed by atoms with E-state index in [1.165, 1.54) is 0 Å². The van der Waals surface area contributed by atoms with Crippen LogP contribution >= 0.6 is 50.1 Å². The van der Waals surface area contributed by atoms with E-state index in [0.717, 1.165) is 14.7 Å². The lowest BCUT2D eigenvalue weighted by atomic mass is 10.1. The number of carbonyl (C=O) groups is 1. The van der Waals surface area contributed by atoms with Crippen LogP contribution in [0.3, 0.4) is 0 Å². The van der Waals surface area contributed by atoms with Crippen molar-refractivity contribution < 1.29 is 14.3 Å². The summed E-state index contributed by atoms with van der Waals surface area (Å²) in [6, 6.07) is 30.0. The van der Waals surface area contributed by atoms with Crippen molar-refractivity contribution in [3.8, 4) is 17.6 Å². The van der Waals surface area contributed by atoms with Crippen molar-refractivity contribution >= 4 is 67.8 Å². The van der Waals surface area contributed by atoms with E-state index >= 15 is 0 Å². The van der Waals surface area contributed by atoms with Crippen molar-refractivity contribution in [2.24, 2.45) is 0 Å². The third-order valence-corrected chi connectivity index (χ3v) is 7.00. The Hall–Kier alpha value is -3.32. The summed E-state index contributed by atoms with van der Waals surface area (Å²) in [5.74, 6) is 0.857. The highest BCUT2D eigenvalue weighted by Gasteiger charge is 2.13. The Morgan fingerprint density at radius 2 is 1.61 bits per heavy atom. The molecule has 8 heteroatoms. The lowest BCUT2D eigenvalue weighted by molar-refractivity contribution is -0.112. The van der Waals surface area contributed by atoms with Crippen LogP contribution in [-0.2, 0) is 18.0 Å². The van der Waals surface area contributed by atoms with Gasteiger partial charge in [-0.15, -0.1) is 0 Å². The molecule has 0 unspecified atom stereocenters. The Labute approximate surface area is 248 Å². The monoisotopic (exact) mass is 698 g/mol. The molecule has 0 aliphatic heterocycles. The van der Waals surface area contributed by atoms with Gasteiger partial charge in [0.2, 0.25) is 0 Å². The van der Waals surface area contributed by atoms with Crippen LogP contribution in [0.5, 0.6) is 11.5 Å². The van der Waals surface area contributed by atoms with E-state index in [0.29, 0.717) is 45.5 Å². The van der Waals surface area contributed by atoms with Gasteiger partial charge >= 0.3 is 0 Å². The van der Waals surface area contributed by atoms with E-state index in [2.05, 4.69) is 43.8 Å². The lowest BCUT2D eigenvalue weighted by Gasteiger charge is -2.12. The first-order chi connectivity index (χ1) is 18.4. The minimum atomic E-state index is -0.500. The molecular weight excluding hydrogens is 679 g/mol. The molecule has 0 saturated heterocycles. The number of hydrogen-bond donors (Lipinski definition) is 1. The predicted octanol–water partition coefficient (Wildman–Crippen LogP) is 8.41. The number of ether oxygens (including phenoxy) is 2. The number of carbonyl (C=O) groups excluding carboxylic acids is 1. The van der Waals surface area contributed by atoms with Crippen LogP contribution in [0.4, 0.5) is 5.69 Å². The molecule has 4 rings (SSSR count). The molecule has 0 spiro atoms. The summed E-state index contributed by atoms with van der Waals surface area (Å²) >= 11 is 11.7. The first-order valence-corrected chi connectivity index (χ1v) is 13.7. The molecule has 0 aromatic heterocycles. The second-order valence-corrected chi connectivity index (χ2v) is 10.6. The summed E-state index contributed by atoms with van der Waals surface area (Å²) in [5.41, 5.74) is 3.28. The van der Waals surface area contributed by atoms with Gasteiger partial charge in [-0.25, -0.2) is 0 Å². The zero-order chi connectivity index (χ0) is 26.9. The van der Waals surface area contributed by atoms with Crippen LogP contribution in [0.1, 0.15) is 16.7 Å². The van der Waals surface area contributed by atoms with E-state index in [4.69, 9.17) is 21.1 Å². The van der Waals surface area contributed by atoms with E-state index in [9.17, 15) is 10.1 Å². The zero-order valence-electron chi connectivity index (χ0n) is 20.0. The fraction of sp³-hybridized carbons (Fsp3) is 0.0667. The molecule has 38 heavy (non-hydrogen) atoms. The number of benzene rings is 4. The number of nitriles is 1. The van der Waals surface area contributed by atoms with Gasteiger partial charge in [-0.1, -0.05) is 54.1 Å². The second-order valence-electron chi connectivity index (χ2n) is 8.15. The minimum Gasteiger partial charge on any atom is -0.489 e. The van der Waals surface area contributed by atoms with Crippen LogP contribution in [0.2, 0.25) is 5.02 Å². The SMILES string of the molecule is N#C/C(=C\c1cc(Br)c(OCc2ccc(Cl)cc2)c(I)c1)C(=O)Nc1ccc(OCc2ccccc2)cc1. The average molecular weight is 700 g/mol. The zero-order valence-corrected chi connectivity index (χ0v) is 24.5. The van der Waals surface area contributed by atoms with Gasteiger partial charge in [0.05, 0.1) is 8.04 Å². The summed E-state index contributed by atoms with van der Waals surface area (Å²) < 4.78 is 13.3. The van der Waals surface area contributed by atoms with Gasteiger partial charge in [0.1, 0.15) is 36.4 Å². The van der Waals surface area contributed by atoms with Gasteiger partial charge in [0.15, 0.2) is 0 Å². The standard InChI is InChI=1S/C30H21BrClIN2O3/c31-27-15-22(16-28(33)29(27)38-19-21-6-8-24(32)9-7-21)14-23(17-34)30(36)35-25-10-12-26(13-11-25)37-18-20-4-2-1-3-5-20/h1-16H,18-19H2,(H,35,36)/b23-14+. The van der Waals surface area contributed by atoms with Gasteiger partial charge in [-0.05, 0) is 110 Å². The number of nitrogens with one attached hydrogen (secondary N) is 1. The molecule has 0 bridgehead atoms. The first-order valence-electron chi connectivity index (χ1n) is 11.5. The molecule has 1 amide bonds. The number of nitrogens with zero attached hydrogens (tertiary/aromatic N) is 1. The predicted molar refractivity (Wildman–Crippen MR) is 162 cm³/mol. The molecule has 0 fully saturated rings. The van der Waals surface area contributed by atoms with Crippen molar-refractivity contribution in [2.75, 3.05) is 5.32 Å². The molecule has 0 atom stereocenters. The largest absolute Gasteiger partial charge is 0.489 e. The topological polar surface area (TPSA) is 71.3 Å². The Bertz CT molecular complexity index is 1460. The highest BCUT2D eigenvalue weighted by Crippen LogP contribution is 2.33. The molecule has 0 saturated carbocycles. The lowest BCUT2D eigenvalue weighted by Crippen LogP contribution is -2.13. The average Bonchev–Trinajstić information content (AvgIpc) is 2.92. The maximum atomic E-state index is 12.8. The van der Waals surface area contributed by atoms with Gasteiger partial charge < -0.3 is 14.8 Å². The summed E-state index contributed by atoms with van der Waals surface area (Å²) in [6.07, 6.45) is 1.54. The maximum absolute atomic E-state index is 12.8. The molecule has 0 heterocycles. The Morgan fingerprint density at radius 1 is 0.947 bits per heavy atom. The van der Waals surface area contributed by atoms with Crippen molar-refractivity contribution in [1.82, 2.24) is 0 Å². The number of anilines is 1. The number of halogens is 3. The highest BCUT2D eigenvalue weighted by molar-refractivity contribution is 14.1. The fourth-order valence-corrected chi connectivity index (χ4v) is 5.32. The third-order valence-electron chi connectivity index (χ3n) is 5.35. The summed E-state index contributed by atoms with van der Waals surface area (Å²) in [5, 5.41) is 13.1. The molecule has 0 aliphatic rings. The van der Waals surface area contributed by atoms with Gasteiger partial charge in [0.25, 0.3) is 5.91 Å². The van der Waals surface area contributed by atoms with Crippen molar-refractivity contribution in [3.05, 3.63) is 126 Å². The molecule has 4 aromatic rings. The summed E-state index contributed by atoms with van der Waals surface area (Å²) in [4.78, 5) is 12.8. The third kappa shape index (κ3) is 7.84. The Morgan fingerprint density at radius 3 is 2.26 bits per heavy atom. The van der Waals surface area contributed by atoms with Crippen molar-refractivity contribution in [1.29, 1.82) is 5.26 Å². The molecular formula is C30H21BrClIN2O3. The highest BCUT2D eigenvalue weighted by atomic mass is 127. The maximum Gasteiger partial charge on any atom is 0.266 e. The van der Waals surface area contributed by atoms with Crippen LogP contribution < -0.4 is 14.8 Å². The first kappa shape index (κ1) is 27.7. The fourth-order valence-electron chi connectivity index (χ4n) is 3.43. The van der Waals surface area contributed by atoms with Gasteiger partial charge in [-0.3, -0.25) is 4.79 Å². The van der Waals surface area contributed by atoms with E-state index in [-0.39, 0.29) is 5.57 Å². The normalized spacial score (nSPS) is 10.9. The van der Waals surface area contributed by atoms with Gasteiger partial charge in [-0.2, -0.15) is 5.26 Å². The Kier molecular flexibility index (Phi) is 9.82. The molecule has 5 nitrogen and oxygen atoms in total. The number of rotatable bonds is 9. The van der Waals surface area contributed by atoms with E-state index in [1.54, 1.807) is 30.3 Å². The van der Waals surface area contributed by atoms with Crippen molar-refractivity contribution in [2.45, 2.75) is 13.2 Å². The molecule has 0 aliphatic carbocycles. The smallest absolute Gasteiger partial charge is 0.266 e. The van der Waals surface area contributed by atoms with E-state index in [1.807, 2.05) is 72.8 Å². The summed E-state index contributed by atoms with van der Waals surface area (Å²) in [6.45, 7) is 0.829. The quantitative estimate of drug-likeness (QED) is 0.108. The summed E-state index contributed by atoms with van der Waals surface area (Å²) in [7, 11) is 0. The molecule has 1 N–H and O–H groups in total. The number of hydrogen-bond acceptors (Lipinski definition) is 4. The van der Waals surface area contributed by atoms with Crippen LogP contribution in [0, 0.1) is 14.9 Å². The molecule has 190 valence electrons. The van der Waals surface area contributed by atoms with Gasteiger partial charge in [0, 0.05) is 10.7 Å². The van der Waals surface area contributed by atoms with E-state index < -0.39 is 5.91 Å². The van der Waals surface area contributed by atoms with Crippen LogP contribution in [0.25, 0.3) is 6.08 Å². The second kappa shape index (κ2) is 13.5. The van der Waals surface area contributed by atoms with Crippen LogP contribution in [0.15, 0.2) is 101 Å². The molecule has 4 aromatic carbocycles. The number of amides is 1. The van der Waals surface area contributed by atoms with Crippen molar-refractivity contribution in [3.63, 3.8) is 0 Å². The Balaban J connectivity index is 1.39. The minimum absolute atomic E-state index is 0.0214. The molecule has 0 radical (unpaired) electrons.